The van der Waals surface area contributed by atoms with Gasteiger partial charge in [-0.1, -0.05) is 23.8 Å². The molecule has 3 heterocycles. The first-order valence-electron chi connectivity index (χ1n) is 9.15. The summed E-state index contributed by atoms with van der Waals surface area (Å²) in [6, 6.07) is 8.76. The minimum Gasteiger partial charge on any atom is -0.336 e. The molecule has 1 aliphatic heterocycles. The molecule has 0 N–H and O–H groups in total. The molecule has 0 saturated heterocycles. The quantitative estimate of drug-likeness (QED) is 0.644. The topological polar surface area (TPSA) is 51.0 Å². The molecule has 4 rings (SSSR count). The number of thiophene rings is 1. The number of anilines is 1. The number of halogens is 3. The van der Waals surface area contributed by atoms with Crippen molar-refractivity contribution in [2.45, 2.75) is 39.5 Å². The molecule has 0 unspecified atom stereocenters. The van der Waals surface area contributed by atoms with Gasteiger partial charge in [0.2, 0.25) is 5.95 Å². The first kappa shape index (κ1) is 19.6. The Morgan fingerprint density at radius 1 is 1.10 bits per heavy atom. The summed E-state index contributed by atoms with van der Waals surface area (Å²) in [5.74, 6) is 0.787. The Morgan fingerprint density at radius 2 is 1.90 bits per heavy atom. The third-order valence-corrected chi connectivity index (χ3v) is 6.11. The first-order valence-corrected chi connectivity index (χ1v) is 9.97. The highest BCUT2D eigenvalue weighted by Crippen LogP contribution is 2.34. The molecule has 1 aliphatic rings. The van der Waals surface area contributed by atoms with Gasteiger partial charge in [0.25, 0.3) is 0 Å². The van der Waals surface area contributed by atoms with Gasteiger partial charge < -0.3 is 4.90 Å². The fourth-order valence-corrected chi connectivity index (χ4v) is 4.33. The van der Waals surface area contributed by atoms with Crippen LogP contribution in [0.5, 0.6) is 0 Å². The number of hydrogen-bond donors (Lipinski definition) is 0. The van der Waals surface area contributed by atoms with Gasteiger partial charge in [0.05, 0.1) is 6.54 Å². The van der Waals surface area contributed by atoms with Gasteiger partial charge in [0, 0.05) is 18.0 Å². The Hall–Kier alpha value is -2.68. The Balaban J connectivity index is 1.58. The predicted molar refractivity (Wildman–Crippen MR) is 105 cm³/mol. The van der Waals surface area contributed by atoms with Crippen molar-refractivity contribution in [2.75, 3.05) is 11.4 Å². The van der Waals surface area contributed by atoms with E-state index in [9.17, 15) is 18.0 Å². The molecule has 1 aromatic carbocycles. The Labute approximate surface area is 169 Å². The van der Waals surface area contributed by atoms with Crippen LogP contribution in [0.25, 0.3) is 0 Å². The average Bonchev–Trinajstić information content (AvgIpc) is 3.13. The molecule has 0 fully saturated rings. The lowest BCUT2D eigenvalue weighted by atomic mass is 9.98. The van der Waals surface area contributed by atoms with E-state index in [0.29, 0.717) is 41.1 Å². The molecule has 0 atom stereocenters. The van der Waals surface area contributed by atoms with Crippen LogP contribution in [-0.4, -0.2) is 21.1 Å². The van der Waals surface area contributed by atoms with Gasteiger partial charge in [-0.05, 0) is 43.5 Å². The van der Waals surface area contributed by atoms with Crippen molar-refractivity contribution in [3.63, 3.8) is 0 Å². The average molecular weight is 420 g/mol. The van der Waals surface area contributed by atoms with E-state index in [1.807, 2.05) is 11.8 Å². The summed E-state index contributed by atoms with van der Waals surface area (Å²) in [5, 5.41) is 0. The van der Waals surface area contributed by atoms with E-state index >= 15 is 0 Å². The van der Waals surface area contributed by atoms with Crippen LogP contribution in [0.4, 0.5) is 19.1 Å². The molecular formula is C20H19F3N4OS. The van der Waals surface area contributed by atoms with Crippen molar-refractivity contribution in [1.82, 2.24) is 14.5 Å². The third kappa shape index (κ3) is 4.05. The molecule has 2 aromatic heterocycles. The molecule has 0 saturated carbocycles. The van der Waals surface area contributed by atoms with Crippen LogP contribution in [0.3, 0.4) is 0 Å². The van der Waals surface area contributed by atoms with Crippen LogP contribution in [-0.2, 0) is 25.7 Å². The number of aryl methyl sites for hydroxylation is 2. The molecule has 5 nitrogen and oxygen atoms in total. The minimum absolute atomic E-state index is 0.0215. The SMILES string of the molecule is Cc1ccc2c(c1)CN(c1nc(C)n(Cc3ccc(C(F)(F)F)s3)c(=O)n1)CC2. The summed E-state index contributed by atoms with van der Waals surface area (Å²) in [6.45, 7) is 5.06. The fraction of sp³-hybridized carbons (Fsp3) is 0.350. The standard InChI is InChI=1S/C20H19F3N4OS/c1-12-3-4-14-7-8-26(10-15(14)9-12)18-24-13(2)27(19(28)25-18)11-16-5-6-17(29-16)20(21,22)23/h3-6,9H,7-8,10-11H2,1-2H3. The Morgan fingerprint density at radius 3 is 2.59 bits per heavy atom. The highest BCUT2D eigenvalue weighted by atomic mass is 32.1. The molecule has 0 radical (unpaired) electrons. The maximum Gasteiger partial charge on any atom is 0.425 e. The first-order chi connectivity index (χ1) is 13.7. The second-order valence-electron chi connectivity index (χ2n) is 7.15. The van der Waals surface area contributed by atoms with Crippen molar-refractivity contribution in [1.29, 1.82) is 0 Å². The highest BCUT2D eigenvalue weighted by Gasteiger charge is 2.32. The van der Waals surface area contributed by atoms with E-state index in [2.05, 4.69) is 28.2 Å². The minimum atomic E-state index is -4.38. The summed E-state index contributed by atoms with van der Waals surface area (Å²) in [7, 11) is 0. The van der Waals surface area contributed by atoms with Gasteiger partial charge in [0.15, 0.2) is 0 Å². The van der Waals surface area contributed by atoms with Gasteiger partial charge in [-0.25, -0.2) is 4.79 Å². The molecule has 0 spiro atoms. The van der Waals surface area contributed by atoms with Crippen molar-refractivity contribution >= 4 is 17.3 Å². The number of fused-ring (bicyclic) bond motifs is 1. The summed E-state index contributed by atoms with van der Waals surface area (Å²) < 4.78 is 39.7. The third-order valence-electron chi connectivity index (χ3n) is 4.99. The molecular weight excluding hydrogens is 401 g/mol. The largest absolute Gasteiger partial charge is 0.425 e. The maximum atomic E-state index is 12.8. The van der Waals surface area contributed by atoms with Crippen LogP contribution in [0.1, 0.15) is 32.3 Å². The van der Waals surface area contributed by atoms with Crippen molar-refractivity contribution < 1.29 is 13.2 Å². The lowest BCUT2D eigenvalue weighted by Gasteiger charge is -2.29. The van der Waals surface area contributed by atoms with E-state index < -0.39 is 16.7 Å². The Kier molecular flexibility index (Phi) is 4.94. The van der Waals surface area contributed by atoms with E-state index in [1.54, 1.807) is 6.92 Å². The lowest BCUT2D eigenvalue weighted by molar-refractivity contribution is -0.134. The summed E-state index contributed by atoms with van der Waals surface area (Å²) in [5.41, 5.74) is 3.15. The van der Waals surface area contributed by atoms with Crippen LogP contribution in [0, 0.1) is 13.8 Å². The van der Waals surface area contributed by atoms with E-state index in [1.165, 1.54) is 27.3 Å². The second kappa shape index (κ2) is 7.29. The van der Waals surface area contributed by atoms with Crippen molar-refractivity contribution in [3.05, 3.63) is 73.1 Å². The van der Waals surface area contributed by atoms with Crippen LogP contribution in [0.2, 0.25) is 0 Å². The fourth-order valence-electron chi connectivity index (χ4n) is 3.47. The zero-order valence-corrected chi connectivity index (χ0v) is 16.8. The number of rotatable bonds is 3. The monoisotopic (exact) mass is 420 g/mol. The summed E-state index contributed by atoms with van der Waals surface area (Å²) in [4.78, 5) is 22.9. The van der Waals surface area contributed by atoms with Gasteiger partial charge in [0.1, 0.15) is 10.7 Å². The highest BCUT2D eigenvalue weighted by molar-refractivity contribution is 7.12. The van der Waals surface area contributed by atoms with Gasteiger partial charge in [-0.2, -0.15) is 23.1 Å². The maximum absolute atomic E-state index is 12.8. The molecule has 3 aromatic rings. The zero-order chi connectivity index (χ0) is 20.8. The Bertz CT molecular complexity index is 1120. The van der Waals surface area contributed by atoms with E-state index in [-0.39, 0.29) is 6.54 Å². The molecule has 9 heteroatoms. The number of alkyl halides is 3. The van der Waals surface area contributed by atoms with E-state index in [0.717, 1.165) is 12.5 Å². The van der Waals surface area contributed by atoms with Gasteiger partial charge >= 0.3 is 11.9 Å². The smallest absolute Gasteiger partial charge is 0.336 e. The molecule has 0 amide bonds. The molecule has 29 heavy (non-hydrogen) atoms. The molecule has 0 bridgehead atoms. The van der Waals surface area contributed by atoms with Crippen molar-refractivity contribution in [2.24, 2.45) is 0 Å². The number of nitrogens with zero attached hydrogens (tertiary/aromatic N) is 4. The number of benzene rings is 1. The van der Waals surface area contributed by atoms with Gasteiger partial charge in [-0.3, -0.25) is 4.57 Å². The summed E-state index contributed by atoms with van der Waals surface area (Å²) in [6.07, 6.45) is -3.54. The van der Waals surface area contributed by atoms with Crippen LogP contribution in [0.15, 0.2) is 35.1 Å². The van der Waals surface area contributed by atoms with E-state index in [4.69, 9.17) is 0 Å². The van der Waals surface area contributed by atoms with Crippen molar-refractivity contribution in [3.8, 4) is 0 Å². The lowest BCUT2D eigenvalue weighted by Crippen LogP contribution is -2.36. The van der Waals surface area contributed by atoms with Crippen LogP contribution >= 0.6 is 11.3 Å². The van der Waals surface area contributed by atoms with Gasteiger partial charge in [-0.15, -0.1) is 11.3 Å². The zero-order valence-electron chi connectivity index (χ0n) is 16.0. The number of hydrogen-bond acceptors (Lipinski definition) is 5. The molecule has 0 aliphatic carbocycles. The molecule has 152 valence electrons. The summed E-state index contributed by atoms with van der Waals surface area (Å²) >= 11 is 0.627. The predicted octanol–water partition coefficient (Wildman–Crippen LogP) is 3.95. The normalized spacial score (nSPS) is 14.2. The second-order valence-corrected chi connectivity index (χ2v) is 8.32. The number of aromatic nitrogens is 3. The van der Waals surface area contributed by atoms with Crippen LogP contribution < -0.4 is 10.6 Å².